The number of rotatable bonds is 9. The van der Waals surface area contributed by atoms with Crippen molar-refractivity contribution in [1.82, 2.24) is 4.72 Å². The lowest BCUT2D eigenvalue weighted by Gasteiger charge is -2.36. The Kier molecular flexibility index (Phi) is 7.99. The Bertz CT molecular complexity index is 1480. The standard InChI is InChI=1S/C24H27F4N3O7S2/c1-23(2,24(26,27)28)38-22(32)30-17-7-10-21-20(11-17)31(40(35,36)19-8-5-16(25)6-9-19)13-18(37-21)12-29-39(33,34)14-15-3-4-15/h5-11,15,18,29H,3-4,12-14H2,1-2H3,(H,30,32)/t18-/m0/s1. The van der Waals surface area contributed by atoms with Gasteiger partial charge in [0.25, 0.3) is 10.0 Å². The molecule has 0 aromatic heterocycles. The van der Waals surface area contributed by atoms with E-state index in [1.54, 1.807) is 0 Å². The topological polar surface area (TPSA) is 131 Å². The molecule has 0 bridgehead atoms. The van der Waals surface area contributed by atoms with E-state index >= 15 is 0 Å². The van der Waals surface area contributed by atoms with Gasteiger partial charge in [0.2, 0.25) is 15.6 Å². The van der Waals surface area contributed by atoms with Gasteiger partial charge in [0.15, 0.2) is 0 Å². The van der Waals surface area contributed by atoms with Gasteiger partial charge in [-0.3, -0.25) is 9.62 Å². The summed E-state index contributed by atoms with van der Waals surface area (Å²) in [6, 6.07) is 7.69. The maximum Gasteiger partial charge on any atom is 0.427 e. The highest BCUT2D eigenvalue weighted by molar-refractivity contribution is 7.92. The van der Waals surface area contributed by atoms with E-state index in [2.05, 4.69) is 14.8 Å². The van der Waals surface area contributed by atoms with E-state index in [-0.39, 0.29) is 46.8 Å². The van der Waals surface area contributed by atoms with Gasteiger partial charge in [-0.25, -0.2) is 30.7 Å². The summed E-state index contributed by atoms with van der Waals surface area (Å²) < 4.78 is 118. The van der Waals surface area contributed by atoms with Crippen molar-refractivity contribution in [2.45, 2.75) is 49.5 Å². The predicted octanol–water partition coefficient (Wildman–Crippen LogP) is 4.00. The minimum absolute atomic E-state index is 0.00198. The zero-order valence-electron chi connectivity index (χ0n) is 21.4. The average Bonchev–Trinajstić information content (AvgIpc) is 3.65. The number of nitrogens with zero attached hydrogens (tertiary/aromatic N) is 1. The number of amides is 1. The lowest BCUT2D eigenvalue weighted by Crippen LogP contribution is -2.48. The van der Waals surface area contributed by atoms with Crippen LogP contribution in [0, 0.1) is 11.7 Å². The number of fused-ring (bicyclic) bond motifs is 1. The van der Waals surface area contributed by atoms with Crippen molar-refractivity contribution in [1.29, 1.82) is 0 Å². The second kappa shape index (κ2) is 10.7. The van der Waals surface area contributed by atoms with Gasteiger partial charge < -0.3 is 9.47 Å². The quantitative estimate of drug-likeness (QED) is 0.411. The molecule has 1 saturated carbocycles. The lowest BCUT2D eigenvalue weighted by molar-refractivity contribution is -0.242. The summed E-state index contributed by atoms with van der Waals surface area (Å²) in [5.41, 5.74) is -2.99. The van der Waals surface area contributed by atoms with Crippen LogP contribution in [0.4, 0.5) is 33.7 Å². The molecule has 2 aliphatic rings. The molecule has 2 N–H and O–H groups in total. The average molecular weight is 610 g/mol. The van der Waals surface area contributed by atoms with E-state index in [4.69, 9.17) is 4.74 Å². The van der Waals surface area contributed by atoms with Crippen LogP contribution in [-0.2, 0) is 24.8 Å². The SMILES string of the molecule is CC(C)(OC(=O)Nc1ccc2c(c1)N(S(=O)(=O)c1ccc(F)cc1)C[C@H](CNS(=O)(=O)CC1CC1)O2)C(F)(F)F. The second-order valence-electron chi connectivity index (χ2n) is 10.0. The molecular weight excluding hydrogens is 582 g/mol. The number of benzene rings is 2. The summed E-state index contributed by atoms with van der Waals surface area (Å²) in [4.78, 5) is 11.9. The Hall–Kier alpha value is -3.11. The van der Waals surface area contributed by atoms with Crippen LogP contribution >= 0.6 is 0 Å². The highest BCUT2D eigenvalue weighted by atomic mass is 32.2. The van der Waals surface area contributed by atoms with Gasteiger partial charge >= 0.3 is 12.3 Å². The summed E-state index contributed by atoms with van der Waals surface area (Å²) in [7, 11) is -8.00. The fraction of sp³-hybridized carbons (Fsp3) is 0.458. The van der Waals surface area contributed by atoms with Crippen LogP contribution in [-0.4, -0.2) is 59.7 Å². The number of carbonyl (C=O) groups excluding carboxylic acids is 1. The van der Waals surface area contributed by atoms with Crippen LogP contribution < -0.4 is 19.1 Å². The number of hydrogen-bond donors (Lipinski definition) is 2. The van der Waals surface area contributed by atoms with Crippen LogP contribution in [0.15, 0.2) is 47.4 Å². The molecule has 1 fully saturated rings. The molecule has 2 aromatic rings. The van der Waals surface area contributed by atoms with Gasteiger partial charge in [-0.2, -0.15) is 13.2 Å². The maximum absolute atomic E-state index is 13.6. The monoisotopic (exact) mass is 609 g/mol. The summed E-state index contributed by atoms with van der Waals surface area (Å²) in [5, 5.41) is 2.14. The predicted molar refractivity (Wildman–Crippen MR) is 137 cm³/mol. The number of alkyl halides is 3. The second-order valence-corrected chi connectivity index (χ2v) is 13.7. The summed E-state index contributed by atoms with van der Waals surface area (Å²) in [5.74, 6) is -0.640. The molecule has 1 atom stereocenters. The Morgan fingerprint density at radius 3 is 2.33 bits per heavy atom. The molecule has 0 unspecified atom stereocenters. The molecule has 0 spiro atoms. The zero-order chi connectivity index (χ0) is 29.5. The number of sulfonamides is 2. The van der Waals surface area contributed by atoms with Crippen LogP contribution in [0.2, 0.25) is 0 Å². The van der Waals surface area contributed by atoms with Crippen molar-refractivity contribution in [3.63, 3.8) is 0 Å². The van der Waals surface area contributed by atoms with E-state index in [1.807, 2.05) is 0 Å². The molecule has 10 nitrogen and oxygen atoms in total. The number of halogens is 4. The molecule has 2 aromatic carbocycles. The Balaban J connectivity index is 1.61. The lowest BCUT2D eigenvalue weighted by atomic mass is 10.1. The highest BCUT2D eigenvalue weighted by Gasteiger charge is 2.51. The molecule has 1 heterocycles. The fourth-order valence-corrected chi connectivity index (χ4v) is 6.77. The summed E-state index contributed by atoms with van der Waals surface area (Å²) in [6.07, 6.45) is -5.61. The van der Waals surface area contributed by atoms with Gasteiger partial charge in [-0.1, -0.05) is 0 Å². The van der Waals surface area contributed by atoms with Crippen molar-refractivity contribution in [3.05, 3.63) is 48.3 Å². The van der Waals surface area contributed by atoms with Gasteiger partial charge in [0, 0.05) is 12.2 Å². The number of carbonyl (C=O) groups is 1. The number of nitrogens with one attached hydrogen (secondary N) is 2. The van der Waals surface area contributed by atoms with Gasteiger partial charge in [-0.05, 0) is 75.1 Å². The first kappa shape index (κ1) is 29.9. The molecule has 1 amide bonds. The van der Waals surface area contributed by atoms with Gasteiger partial charge in [0.05, 0.1) is 22.9 Å². The molecule has 0 radical (unpaired) electrons. The van der Waals surface area contributed by atoms with Gasteiger partial charge in [-0.15, -0.1) is 0 Å². The normalized spacial score (nSPS) is 18.1. The molecule has 1 aliphatic carbocycles. The van der Waals surface area contributed by atoms with Crippen molar-refractivity contribution in [2.24, 2.45) is 5.92 Å². The molecule has 16 heteroatoms. The number of anilines is 2. The molecule has 1 aliphatic heterocycles. The van der Waals surface area contributed by atoms with E-state index in [0.717, 1.165) is 47.5 Å². The summed E-state index contributed by atoms with van der Waals surface area (Å²) >= 11 is 0. The van der Waals surface area contributed by atoms with E-state index in [9.17, 15) is 39.2 Å². The minimum atomic E-state index is -4.84. The first-order valence-corrected chi connectivity index (χ1v) is 15.2. The molecule has 4 rings (SSSR count). The van der Waals surface area contributed by atoms with Crippen LogP contribution in [0.5, 0.6) is 5.75 Å². The van der Waals surface area contributed by atoms with Crippen molar-refractivity contribution < 1.29 is 48.7 Å². The summed E-state index contributed by atoms with van der Waals surface area (Å²) in [6.45, 7) is 0.725. The smallest absolute Gasteiger partial charge is 0.427 e. The third-order valence-corrected chi connectivity index (χ3v) is 9.56. The third kappa shape index (κ3) is 6.96. The number of hydrogen-bond acceptors (Lipinski definition) is 7. The van der Waals surface area contributed by atoms with Crippen molar-refractivity contribution in [2.75, 3.05) is 28.5 Å². The maximum atomic E-state index is 13.6. The highest BCUT2D eigenvalue weighted by Crippen LogP contribution is 2.39. The van der Waals surface area contributed by atoms with Crippen LogP contribution in [0.3, 0.4) is 0 Å². The first-order chi connectivity index (χ1) is 18.5. The van der Waals surface area contributed by atoms with Crippen LogP contribution in [0.25, 0.3) is 0 Å². The Labute approximate surface area is 228 Å². The molecule has 40 heavy (non-hydrogen) atoms. The van der Waals surface area contributed by atoms with E-state index in [1.165, 1.54) is 12.1 Å². The molecule has 0 saturated heterocycles. The first-order valence-electron chi connectivity index (χ1n) is 12.1. The van der Waals surface area contributed by atoms with Crippen LogP contribution in [0.1, 0.15) is 26.7 Å². The van der Waals surface area contributed by atoms with Crippen molar-refractivity contribution in [3.8, 4) is 5.75 Å². The van der Waals surface area contributed by atoms with Gasteiger partial charge in [0.1, 0.15) is 17.7 Å². The molecule has 220 valence electrons. The molecular formula is C24H27F4N3O7S2. The largest absolute Gasteiger partial charge is 0.485 e. The van der Waals surface area contributed by atoms with E-state index < -0.39 is 49.8 Å². The third-order valence-electron chi connectivity index (χ3n) is 6.25. The van der Waals surface area contributed by atoms with E-state index in [0.29, 0.717) is 13.8 Å². The number of ether oxygens (including phenoxy) is 2. The Morgan fingerprint density at radius 1 is 1.07 bits per heavy atom. The minimum Gasteiger partial charge on any atom is -0.485 e. The zero-order valence-corrected chi connectivity index (χ0v) is 23.0. The van der Waals surface area contributed by atoms with Crippen molar-refractivity contribution >= 4 is 37.5 Å². The fourth-order valence-electron chi connectivity index (χ4n) is 3.76. The Morgan fingerprint density at radius 2 is 1.73 bits per heavy atom.